The molecule has 6 heteroatoms. The Balaban J connectivity index is 2.32. The van der Waals surface area contributed by atoms with Crippen molar-refractivity contribution in [1.82, 2.24) is 5.32 Å². The minimum atomic E-state index is -0.358. The third kappa shape index (κ3) is 2.12. The van der Waals surface area contributed by atoms with Gasteiger partial charge >= 0.3 is 0 Å². The summed E-state index contributed by atoms with van der Waals surface area (Å²) < 4.78 is 0.913. The van der Waals surface area contributed by atoms with Crippen LogP contribution in [0.5, 0.6) is 0 Å². The minimum Gasteiger partial charge on any atom is -0.302 e. The van der Waals surface area contributed by atoms with E-state index in [0.29, 0.717) is 5.69 Å². The molecule has 1 aromatic carbocycles. The summed E-state index contributed by atoms with van der Waals surface area (Å²) in [6.07, 6.45) is -0.170. The van der Waals surface area contributed by atoms with Crippen LogP contribution in [0.25, 0.3) is 0 Å². The van der Waals surface area contributed by atoms with Crippen molar-refractivity contribution < 1.29 is 9.59 Å². The van der Waals surface area contributed by atoms with E-state index in [-0.39, 0.29) is 23.3 Å². The Bertz CT molecular complexity index is 452. The van der Waals surface area contributed by atoms with Gasteiger partial charge in [-0.2, -0.15) is 0 Å². The second-order valence-electron chi connectivity index (χ2n) is 3.24. The van der Waals surface area contributed by atoms with Gasteiger partial charge in [0, 0.05) is 4.47 Å². The van der Waals surface area contributed by atoms with Gasteiger partial charge in [0.2, 0.25) is 11.8 Å². The molecule has 0 unspecified atom stereocenters. The summed E-state index contributed by atoms with van der Waals surface area (Å²) in [6, 6.07) is 7.13. The number of thiocarbonyl (C=S) groups is 1. The van der Waals surface area contributed by atoms with Gasteiger partial charge in [-0.1, -0.05) is 15.9 Å². The highest BCUT2D eigenvalue weighted by atomic mass is 79.9. The lowest BCUT2D eigenvalue weighted by atomic mass is 10.2. The van der Waals surface area contributed by atoms with Crippen LogP contribution in [0.1, 0.15) is 6.42 Å². The molecule has 0 aliphatic carbocycles. The van der Waals surface area contributed by atoms with E-state index in [4.69, 9.17) is 12.2 Å². The largest absolute Gasteiger partial charge is 0.302 e. The van der Waals surface area contributed by atoms with Crippen LogP contribution >= 0.6 is 28.1 Å². The lowest BCUT2D eigenvalue weighted by Crippen LogP contribution is -2.52. The molecule has 1 aromatic rings. The number of carbonyl (C=O) groups excluding carboxylic acids is 2. The topological polar surface area (TPSA) is 49.4 Å². The highest BCUT2D eigenvalue weighted by molar-refractivity contribution is 9.10. The van der Waals surface area contributed by atoms with Crippen molar-refractivity contribution in [3.05, 3.63) is 28.7 Å². The second kappa shape index (κ2) is 4.31. The van der Waals surface area contributed by atoms with Crippen LogP contribution in [-0.4, -0.2) is 16.9 Å². The van der Waals surface area contributed by atoms with E-state index in [1.165, 1.54) is 4.90 Å². The number of rotatable bonds is 1. The maximum absolute atomic E-state index is 11.7. The SMILES string of the molecule is O=C1CC(=O)N(c2ccc(Br)cc2)C(=S)N1. The summed E-state index contributed by atoms with van der Waals surface area (Å²) in [4.78, 5) is 24.1. The summed E-state index contributed by atoms with van der Waals surface area (Å²) >= 11 is 8.26. The fraction of sp³-hybridized carbons (Fsp3) is 0.100. The molecule has 1 fully saturated rings. The number of amides is 2. The normalized spacial score (nSPS) is 16.3. The van der Waals surface area contributed by atoms with Crippen LogP contribution in [0.4, 0.5) is 5.69 Å². The lowest BCUT2D eigenvalue weighted by Gasteiger charge is -2.27. The third-order valence-corrected chi connectivity index (χ3v) is 2.91. The Morgan fingerprint density at radius 3 is 2.44 bits per heavy atom. The molecule has 1 aliphatic heterocycles. The summed E-state index contributed by atoms with van der Waals surface area (Å²) in [6.45, 7) is 0. The van der Waals surface area contributed by atoms with Gasteiger partial charge in [-0.25, -0.2) is 0 Å². The van der Waals surface area contributed by atoms with Crippen molar-refractivity contribution in [1.29, 1.82) is 0 Å². The summed E-state index contributed by atoms with van der Waals surface area (Å²) in [5.41, 5.74) is 0.651. The maximum Gasteiger partial charge on any atom is 0.242 e. The Labute approximate surface area is 106 Å². The molecule has 1 saturated heterocycles. The summed E-state index contributed by atoms with van der Waals surface area (Å²) in [7, 11) is 0. The predicted octanol–water partition coefficient (Wildman–Crippen LogP) is 1.59. The van der Waals surface area contributed by atoms with Crippen LogP contribution < -0.4 is 10.2 Å². The van der Waals surface area contributed by atoms with Gasteiger partial charge < -0.3 is 5.32 Å². The molecule has 0 radical (unpaired) electrons. The van der Waals surface area contributed by atoms with Gasteiger partial charge in [0.05, 0.1) is 5.69 Å². The molecule has 0 atom stereocenters. The fourth-order valence-corrected chi connectivity index (χ4v) is 1.99. The summed E-state index contributed by atoms with van der Waals surface area (Å²) in [5, 5.41) is 2.59. The van der Waals surface area contributed by atoms with Crippen molar-refractivity contribution in [3.63, 3.8) is 0 Å². The molecule has 0 saturated carbocycles. The van der Waals surface area contributed by atoms with Crippen molar-refractivity contribution in [3.8, 4) is 0 Å². The van der Waals surface area contributed by atoms with Crippen LogP contribution in [0, 0.1) is 0 Å². The average molecular weight is 299 g/mol. The number of halogens is 1. The molecular weight excluding hydrogens is 292 g/mol. The highest BCUT2D eigenvalue weighted by Crippen LogP contribution is 2.20. The zero-order valence-corrected chi connectivity index (χ0v) is 10.5. The van der Waals surface area contributed by atoms with Crippen LogP contribution in [-0.2, 0) is 9.59 Å². The fourth-order valence-electron chi connectivity index (χ4n) is 1.40. The van der Waals surface area contributed by atoms with Crippen molar-refractivity contribution in [2.75, 3.05) is 4.90 Å². The quantitative estimate of drug-likeness (QED) is 0.633. The second-order valence-corrected chi connectivity index (χ2v) is 4.54. The number of hydrogen-bond donors (Lipinski definition) is 1. The zero-order chi connectivity index (χ0) is 11.7. The molecule has 1 heterocycles. The van der Waals surface area contributed by atoms with E-state index in [9.17, 15) is 9.59 Å². The molecule has 1 aliphatic rings. The smallest absolute Gasteiger partial charge is 0.242 e. The molecule has 0 aromatic heterocycles. The molecule has 2 amide bonds. The van der Waals surface area contributed by atoms with Crippen molar-refractivity contribution in [2.24, 2.45) is 0 Å². The van der Waals surface area contributed by atoms with Gasteiger partial charge in [-0.3, -0.25) is 14.5 Å². The number of nitrogens with one attached hydrogen (secondary N) is 1. The molecular formula is C10H7BrN2O2S. The predicted molar refractivity (Wildman–Crippen MR) is 67.0 cm³/mol. The zero-order valence-electron chi connectivity index (χ0n) is 8.07. The van der Waals surface area contributed by atoms with E-state index in [0.717, 1.165) is 4.47 Å². The third-order valence-electron chi connectivity index (χ3n) is 2.10. The number of hydrogen-bond acceptors (Lipinski definition) is 3. The molecule has 1 N–H and O–H groups in total. The number of nitrogens with zero attached hydrogens (tertiary/aromatic N) is 1. The first-order valence-electron chi connectivity index (χ1n) is 4.50. The molecule has 16 heavy (non-hydrogen) atoms. The van der Waals surface area contributed by atoms with E-state index in [1.807, 2.05) is 12.1 Å². The average Bonchev–Trinajstić information content (AvgIpc) is 2.19. The first-order chi connectivity index (χ1) is 7.58. The Morgan fingerprint density at radius 1 is 1.25 bits per heavy atom. The van der Waals surface area contributed by atoms with Gasteiger partial charge in [0.1, 0.15) is 6.42 Å². The van der Waals surface area contributed by atoms with Gasteiger partial charge in [0.15, 0.2) is 5.11 Å². The van der Waals surface area contributed by atoms with Gasteiger partial charge in [-0.15, -0.1) is 0 Å². The molecule has 82 valence electrons. The van der Waals surface area contributed by atoms with E-state index in [1.54, 1.807) is 12.1 Å². The van der Waals surface area contributed by atoms with E-state index >= 15 is 0 Å². The van der Waals surface area contributed by atoms with Crippen LogP contribution in [0.15, 0.2) is 28.7 Å². The number of carbonyl (C=O) groups is 2. The first-order valence-corrected chi connectivity index (χ1v) is 5.70. The molecule has 2 rings (SSSR count). The molecule has 4 nitrogen and oxygen atoms in total. The number of anilines is 1. The van der Waals surface area contributed by atoms with Gasteiger partial charge in [0.25, 0.3) is 0 Å². The summed E-state index contributed by atoms with van der Waals surface area (Å²) in [5.74, 6) is -0.667. The van der Waals surface area contributed by atoms with Gasteiger partial charge in [-0.05, 0) is 36.5 Å². The molecule has 0 spiro atoms. The van der Waals surface area contributed by atoms with Crippen LogP contribution in [0.3, 0.4) is 0 Å². The monoisotopic (exact) mass is 298 g/mol. The standard InChI is InChI=1S/C10H7BrN2O2S/c11-6-1-3-7(4-2-6)13-9(15)5-8(14)12-10(13)16/h1-4H,5H2,(H,12,14,16). The highest BCUT2D eigenvalue weighted by Gasteiger charge is 2.28. The maximum atomic E-state index is 11.7. The minimum absolute atomic E-state index is 0.128. The molecule has 0 bridgehead atoms. The van der Waals surface area contributed by atoms with E-state index in [2.05, 4.69) is 21.2 Å². The lowest BCUT2D eigenvalue weighted by molar-refractivity contribution is -0.127. The van der Waals surface area contributed by atoms with Crippen molar-refractivity contribution in [2.45, 2.75) is 6.42 Å². The number of benzene rings is 1. The Hall–Kier alpha value is -1.27. The van der Waals surface area contributed by atoms with Crippen molar-refractivity contribution >= 4 is 50.8 Å². The first kappa shape index (κ1) is 11.2. The Kier molecular flexibility index (Phi) is 3.02. The Morgan fingerprint density at radius 2 is 1.88 bits per heavy atom. The van der Waals surface area contributed by atoms with E-state index < -0.39 is 0 Å². The van der Waals surface area contributed by atoms with Crippen LogP contribution in [0.2, 0.25) is 0 Å².